The molecule has 0 aliphatic carbocycles. The number of aliphatic hydroxyl groups excluding tert-OH is 3. The fourth-order valence-corrected chi connectivity index (χ4v) is 1.78. The van der Waals surface area contributed by atoms with Gasteiger partial charge in [0.25, 0.3) is 10.1 Å². The van der Waals surface area contributed by atoms with Crippen LogP contribution in [-0.2, 0) is 10.1 Å². The summed E-state index contributed by atoms with van der Waals surface area (Å²) in [6.45, 7) is 0.593. The molecule has 0 saturated carbocycles. The number of hydrogen-bond acceptors (Lipinski definition) is 6. The lowest BCUT2D eigenvalue weighted by Gasteiger charge is -2.23. The summed E-state index contributed by atoms with van der Waals surface area (Å²) in [5, 5.41) is 29.2. The van der Waals surface area contributed by atoms with Crippen LogP contribution in [0.5, 0.6) is 0 Å². The van der Waals surface area contributed by atoms with Gasteiger partial charge in [-0.3, -0.25) is 9.87 Å². The van der Waals surface area contributed by atoms with Crippen molar-refractivity contribution in [1.29, 1.82) is 0 Å². The molecule has 0 radical (unpaired) electrons. The molecule has 0 aliphatic rings. The van der Waals surface area contributed by atoms with Gasteiger partial charge >= 0.3 is 0 Å². The van der Waals surface area contributed by atoms with Crippen molar-refractivity contribution in [3.8, 4) is 0 Å². The van der Waals surface area contributed by atoms with E-state index in [1.165, 1.54) is 6.92 Å². The van der Waals surface area contributed by atoms with Gasteiger partial charge in [-0.05, 0) is 6.92 Å². The molecule has 0 aromatic carbocycles. The molecule has 0 aromatic rings. The van der Waals surface area contributed by atoms with Crippen LogP contribution in [0.2, 0.25) is 0 Å². The molecule has 0 saturated heterocycles. The zero-order valence-corrected chi connectivity index (χ0v) is 9.18. The van der Waals surface area contributed by atoms with Gasteiger partial charge in [-0.1, -0.05) is 0 Å². The minimum absolute atomic E-state index is 0.427. The number of aliphatic hydroxyl groups is 3. The molecular weight excluding hydrogens is 226 g/mol. The highest BCUT2D eigenvalue weighted by Gasteiger charge is 2.21. The molecule has 15 heavy (non-hydrogen) atoms. The Labute approximate surface area is 88.5 Å². The van der Waals surface area contributed by atoms with Crippen LogP contribution in [0.1, 0.15) is 6.92 Å². The number of hydrogen-bond donors (Lipinski definition) is 5. The van der Waals surface area contributed by atoms with E-state index in [-0.39, 0.29) is 0 Å². The zero-order valence-electron chi connectivity index (χ0n) is 8.37. The predicted molar refractivity (Wildman–Crippen MR) is 52.7 cm³/mol. The van der Waals surface area contributed by atoms with Crippen molar-refractivity contribution in [2.75, 3.05) is 19.0 Å². The molecule has 0 bridgehead atoms. The van der Waals surface area contributed by atoms with Crippen LogP contribution in [0, 0.1) is 5.92 Å². The van der Waals surface area contributed by atoms with Crippen LogP contribution < -0.4 is 5.32 Å². The van der Waals surface area contributed by atoms with Gasteiger partial charge in [0.2, 0.25) is 0 Å². The average Bonchev–Trinajstić information content (AvgIpc) is 2.02. The lowest BCUT2D eigenvalue weighted by molar-refractivity contribution is 0.00726. The Hall–Kier alpha value is -0.250. The maximum Gasteiger partial charge on any atom is 0.266 e. The van der Waals surface area contributed by atoms with E-state index in [4.69, 9.17) is 14.8 Å². The first kappa shape index (κ1) is 14.8. The lowest BCUT2D eigenvalue weighted by Crippen LogP contribution is -2.46. The quantitative estimate of drug-likeness (QED) is 0.253. The second kappa shape index (κ2) is 6.36. The second-order valence-corrected chi connectivity index (χ2v) is 4.88. The van der Waals surface area contributed by atoms with Gasteiger partial charge in [0.15, 0.2) is 0 Å². The van der Waals surface area contributed by atoms with E-state index in [1.807, 2.05) is 0 Å². The summed E-state index contributed by atoms with van der Waals surface area (Å²) in [5.41, 5.74) is 0. The average molecular weight is 243 g/mol. The molecule has 5 N–H and O–H groups in total. The molecule has 0 spiro atoms. The summed E-state index contributed by atoms with van der Waals surface area (Å²) in [5.74, 6) is -1.33. The fraction of sp³-hybridized carbons (Fsp3) is 1.00. The van der Waals surface area contributed by atoms with E-state index in [9.17, 15) is 13.5 Å². The summed E-state index contributed by atoms with van der Waals surface area (Å²) < 4.78 is 29.4. The number of nitrogens with one attached hydrogen (secondary N) is 1. The Morgan fingerprint density at radius 2 is 1.73 bits per heavy atom. The highest BCUT2D eigenvalue weighted by atomic mass is 32.2. The van der Waals surface area contributed by atoms with Crippen LogP contribution in [0.15, 0.2) is 0 Å². The van der Waals surface area contributed by atoms with Gasteiger partial charge in [0.05, 0.1) is 19.0 Å². The summed E-state index contributed by atoms with van der Waals surface area (Å²) in [7, 11) is -4.11. The van der Waals surface area contributed by atoms with Crippen molar-refractivity contribution in [1.82, 2.24) is 5.32 Å². The third-order valence-corrected chi connectivity index (χ3v) is 2.75. The van der Waals surface area contributed by atoms with Gasteiger partial charge in [0.1, 0.15) is 6.23 Å². The Kier molecular flexibility index (Phi) is 6.25. The lowest BCUT2D eigenvalue weighted by atomic mass is 10.1. The smallest absolute Gasteiger partial charge is 0.266 e. The highest BCUT2D eigenvalue weighted by molar-refractivity contribution is 7.85. The molecule has 0 aromatic heterocycles. The molecule has 0 rings (SSSR count). The molecule has 0 amide bonds. The first-order valence-corrected chi connectivity index (χ1v) is 6.02. The van der Waals surface area contributed by atoms with Gasteiger partial charge in [-0.25, -0.2) is 0 Å². The van der Waals surface area contributed by atoms with E-state index in [2.05, 4.69) is 5.32 Å². The Morgan fingerprint density at radius 1 is 1.27 bits per heavy atom. The highest BCUT2D eigenvalue weighted by Crippen LogP contribution is 2.01. The first-order chi connectivity index (χ1) is 6.80. The molecule has 2 unspecified atom stereocenters. The van der Waals surface area contributed by atoms with Crippen LogP contribution in [0.4, 0.5) is 0 Å². The van der Waals surface area contributed by atoms with Crippen molar-refractivity contribution >= 4 is 10.1 Å². The maximum absolute atomic E-state index is 10.5. The van der Waals surface area contributed by atoms with Gasteiger partial charge in [-0.2, -0.15) is 8.42 Å². The van der Waals surface area contributed by atoms with Crippen LogP contribution in [0.25, 0.3) is 0 Å². The van der Waals surface area contributed by atoms with Crippen molar-refractivity contribution in [2.45, 2.75) is 19.2 Å². The Bertz CT molecular complexity index is 263. The molecule has 0 fully saturated rings. The van der Waals surface area contributed by atoms with Gasteiger partial charge in [-0.15, -0.1) is 0 Å². The SMILES string of the molecule is CC(CS(=O)(=O)O)NC(O)C(CO)CO. The number of rotatable bonds is 7. The third-order valence-electron chi connectivity index (χ3n) is 1.83. The van der Waals surface area contributed by atoms with Crippen molar-refractivity contribution < 1.29 is 28.3 Å². The van der Waals surface area contributed by atoms with Gasteiger partial charge < -0.3 is 15.3 Å². The standard InChI is InChI=1S/C7H17NO6S/c1-5(4-15(12,13)14)8-7(11)6(2-9)3-10/h5-11H,2-4H2,1H3,(H,12,13,14). The summed E-state index contributed by atoms with van der Waals surface area (Å²) >= 11 is 0. The monoisotopic (exact) mass is 243 g/mol. The zero-order chi connectivity index (χ0) is 12.1. The van der Waals surface area contributed by atoms with E-state index in [0.717, 1.165) is 0 Å². The van der Waals surface area contributed by atoms with Crippen molar-refractivity contribution in [3.05, 3.63) is 0 Å². The van der Waals surface area contributed by atoms with Crippen LogP contribution >= 0.6 is 0 Å². The Morgan fingerprint density at radius 3 is 2.07 bits per heavy atom. The van der Waals surface area contributed by atoms with E-state index >= 15 is 0 Å². The summed E-state index contributed by atoms with van der Waals surface area (Å²) in [6, 6.07) is -0.685. The van der Waals surface area contributed by atoms with Crippen LogP contribution in [-0.4, -0.2) is 59.5 Å². The van der Waals surface area contributed by atoms with Gasteiger partial charge in [0, 0.05) is 12.0 Å². The molecule has 8 heteroatoms. The fourth-order valence-electron chi connectivity index (χ4n) is 1.05. The molecule has 92 valence electrons. The summed E-state index contributed by atoms with van der Waals surface area (Å²) in [4.78, 5) is 0. The molecular formula is C7H17NO6S. The molecule has 0 aliphatic heterocycles. The topological polar surface area (TPSA) is 127 Å². The third kappa shape index (κ3) is 6.77. The normalized spacial score (nSPS) is 16.7. The van der Waals surface area contributed by atoms with Crippen molar-refractivity contribution in [2.24, 2.45) is 5.92 Å². The van der Waals surface area contributed by atoms with E-state index in [0.29, 0.717) is 0 Å². The predicted octanol–water partition coefficient (Wildman–Crippen LogP) is -2.23. The molecule has 0 heterocycles. The minimum Gasteiger partial charge on any atom is -0.396 e. The first-order valence-electron chi connectivity index (χ1n) is 4.41. The van der Waals surface area contributed by atoms with E-state index < -0.39 is 47.3 Å². The maximum atomic E-state index is 10.5. The summed E-state index contributed by atoms with van der Waals surface area (Å²) in [6.07, 6.45) is -1.23. The second-order valence-electron chi connectivity index (χ2n) is 3.39. The van der Waals surface area contributed by atoms with Crippen molar-refractivity contribution in [3.63, 3.8) is 0 Å². The van der Waals surface area contributed by atoms with E-state index in [1.54, 1.807) is 0 Å². The molecule has 2 atom stereocenters. The largest absolute Gasteiger partial charge is 0.396 e. The Balaban J connectivity index is 4.11. The van der Waals surface area contributed by atoms with Crippen LogP contribution in [0.3, 0.4) is 0 Å². The minimum atomic E-state index is -4.11. The molecule has 7 nitrogen and oxygen atoms in total.